The van der Waals surface area contributed by atoms with E-state index in [4.69, 9.17) is 0 Å². The molecule has 0 rings (SSSR count). The van der Waals surface area contributed by atoms with Crippen LogP contribution in [0.4, 0.5) is 0 Å². The summed E-state index contributed by atoms with van der Waals surface area (Å²) in [4.78, 5) is 0. The highest BCUT2D eigenvalue weighted by atomic mass is 32.2. The van der Waals surface area contributed by atoms with E-state index in [0.717, 1.165) is 38.5 Å². The molecule has 0 aromatic rings. The number of hydrogen-bond donors (Lipinski definition) is 0. The largest absolute Gasteiger partial charge is 0.229 e. The molecule has 0 aliphatic carbocycles. The van der Waals surface area contributed by atoms with E-state index in [-0.39, 0.29) is 0 Å². The standard InChI is InChI=1S/C12H22O2S/c1-3-5-7-9-11-15(13,14)12-10-8-6-4-2/h3-4H,1-2,5-12H2. The molecule has 0 aromatic heterocycles. The van der Waals surface area contributed by atoms with Crippen LogP contribution in [-0.2, 0) is 9.84 Å². The summed E-state index contributed by atoms with van der Waals surface area (Å²) >= 11 is 0. The molecule has 0 fully saturated rings. The fourth-order valence-corrected chi connectivity index (χ4v) is 2.82. The summed E-state index contributed by atoms with van der Waals surface area (Å²) in [5.74, 6) is 0.657. The normalized spacial score (nSPS) is 11.2. The summed E-state index contributed by atoms with van der Waals surface area (Å²) in [5.41, 5.74) is 0. The van der Waals surface area contributed by atoms with Crippen LogP contribution >= 0.6 is 0 Å². The Morgan fingerprint density at radius 2 is 1.20 bits per heavy atom. The molecule has 0 radical (unpaired) electrons. The summed E-state index contributed by atoms with van der Waals surface area (Å²) < 4.78 is 23.0. The molecule has 0 unspecified atom stereocenters. The molecule has 0 aliphatic rings. The minimum atomic E-state index is -2.81. The van der Waals surface area contributed by atoms with Crippen LogP contribution in [0.15, 0.2) is 25.3 Å². The van der Waals surface area contributed by atoms with Gasteiger partial charge in [0.05, 0.1) is 11.5 Å². The van der Waals surface area contributed by atoms with Crippen LogP contribution in [0, 0.1) is 0 Å². The first-order valence-electron chi connectivity index (χ1n) is 5.54. The van der Waals surface area contributed by atoms with E-state index >= 15 is 0 Å². The molecular formula is C12H22O2S. The molecule has 0 atom stereocenters. The first-order valence-corrected chi connectivity index (χ1v) is 7.37. The zero-order chi connectivity index (χ0) is 11.6. The Bertz CT molecular complexity index is 243. The van der Waals surface area contributed by atoms with E-state index in [1.165, 1.54) is 0 Å². The van der Waals surface area contributed by atoms with Crippen molar-refractivity contribution in [2.45, 2.75) is 38.5 Å². The zero-order valence-corrected chi connectivity index (χ0v) is 10.3. The van der Waals surface area contributed by atoms with Gasteiger partial charge >= 0.3 is 0 Å². The Kier molecular flexibility index (Phi) is 8.38. The highest BCUT2D eigenvalue weighted by molar-refractivity contribution is 7.91. The lowest BCUT2D eigenvalue weighted by molar-refractivity contribution is 0.587. The van der Waals surface area contributed by atoms with Crippen LogP contribution < -0.4 is 0 Å². The fourth-order valence-electron chi connectivity index (χ4n) is 1.32. The number of allylic oxidation sites excluding steroid dienone is 2. The van der Waals surface area contributed by atoms with Crippen molar-refractivity contribution >= 4 is 9.84 Å². The van der Waals surface area contributed by atoms with Gasteiger partial charge in [-0.3, -0.25) is 0 Å². The van der Waals surface area contributed by atoms with Gasteiger partial charge in [0.25, 0.3) is 0 Å². The minimum Gasteiger partial charge on any atom is -0.229 e. The van der Waals surface area contributed by atoms with Crippen LogP contribution in [0.3, 0.4) is 0 Å². The molecule has 0 heterocycles. The lowest BCUT2D eigenvalue weighted by atomic mass is 10.2. The van der Waals surface area contributed by atoms with Gasteiger partial charge in [0.1, 0.15) is 9.84 Å². The number of unbranched alkanes of at least 4 members (excludes halogenated alkanes) is 4. The number of rotatable bonds is 10. The van der Waals surface area contributed by atoms with Gasteiger partial charge in [0, 0.05) is 0 Å². The van der Waals surface area contributed by atoms with Gasteiger partial charge < -0.3 is 0 Å². The van der Waals surface area contributed by atoms with E-state index in [1.807, 2.05) is 12.2 Å². The molecule has 0 saturated carbocycles. The highest BCUT2D eigenvalue weighted by Gasteiger charge is 2.08. The summed E-state index contributed by atoms with van der Waals surface area (Å²) in [7, 11) is -2.81. The van der Waals surface area contributed by atoms with Crippen LogP contribution in [0.1, 0.15) is 38.5 Å². The SMILES string of the molecule is C=CCCCCS(=O)(=O)CCCCC=C. The van der Waals surface area contributed by atoms with Crippen LogP contribution in [0.25, 0.3) is 0 Å². The van der Waals surface area contributed by atoms with Crippen LogP contribution in [-0.4, -0.2) is 19.9 Å². The second kappa shape index (κ2) is 8.72. The van der Waals surface area contributed by atoms with Gasteiger partial charge in [0.2, 0.25) is 0 Å². The van der Waals surface area contributed by atoms with Crippen molar-refractivity contribution in [2.75, 3.05) is 11.5 Å². The molecule has 88 valence electrons. The zero-order valence-electron chi connectivity index (χ0n) is 9.45. The third kappa shape index (κ3) is 9.73. The molecule has 0 N–H and O–H groups in total. The van der Waals surface area contributed by atoms with Gasteiger partial charge in [-0.2, -0.15) is 0 Å². The Balaban J connectivity index is 3.58. The van der Waals surface area contributed by atoms with Crippen LogP contribution in [0.2, 0.25) is 0 Å². The summed E-state index contributed by atoms with van der Waals surface area (Å²) in [6.45, 7) is 7.21. The molecule has 0 aliphatic heterocycles. The summed E-state index contributed by atoms with van der Waals surface area (Å²) in [6.07, 6.45) is 8.85. The van der Waals surface area contributed by atoms with Gasteiger partial charge in [-0.05, 0) is 38.5 Å². The van der Waals surface area contributed by atoms with Gasteiger partial charge in [-0.1, -0.05) is 12.2 Å². The Morgan fingerprint density at radius 1 is 0.800 bits per heavy atom. The van der Waals surface area contributed by atoms with E-state index in [9.17, 15) is 8.42 Å². The molecule has 0 amide bonds. The summed E-state index contributed by atoms with van der Waals surface area (Å²) in [6, 6.07) is 0. The lowest BCUT2D eigenvalue weighted by Gasteiger charge is -2.02. The van der Waals surface area contributed by atoms with Crippen molar-refractivity contribution in [3.8, 4) is 0 Å². The lowest BCUT2D eigenvalue weighted by Crippen LogP contribution is -2.10. The molecule has 0 aromatic carbocycles. The number of sulfone groups is 1. The maximum Gasteiger partial charge on any atom is 0.150 e. The van der Waals surface area contributed by atoms with Crippen molar-refractivity contribution < 1.29 is 8.42 Å². The second-order valence-corrected chi connectivity index (χ2v) is 6.02. The molecule has 3 heteroatoms. The third-order valence-electron chi connectivity index (χ3n) is 2.23. The van der Waals surface area contributed by atoms with Crippen molar-refractivity contribution in [2.24, 2.45) is 0 Å². The Morgan fingerprint density at radius 3 is 1.53 bits per heavy atom. The molecule has 2 nitrogen and oxygen atoms in total. The molecule has 0 bridgehead atoms. The van der Waals surface area contributed by atoms with E-state index in [2.05, 4.69) is 13.2 Å². The molecule has 15 heavy (non-hydrogen) atoms. The van der Waals surface area contributed by atoms with Crippen LogP contribution in [0.5, 0.6) is 0 Å². The van der Waals surface area contributed by atoms with Crippen molar-refractivity contribution in [1.29, 1.82) is 0 Å². The van der Waals surface area contributed by atoms with Gasteiger partial charge in [-0.15, -0.1) is 13.2 Å². The average Bonchev–Trinajstić information content (AvgIpc) is 2.20. The van der Waals surface area contributed by atoms with Crippen molar-refractivity contribution in [1.82, 2.24) is 0 Å². The first kappa shape index (κ1) is 14.4. The molecule has 0 spiro atoms. The average molecular weight is 230 g/mol. The first-order chi connectivity index (χ1) is 7.12. The topological polar surface area (TPSA) is 34.1 Å². The smallest absolute Gasteiger partial charge is 0.150 e. The fraction of sp³-hybridized carbons (Fsp3) is 0.667. The van der Waals surface area contributed by atoms with E-state index in [1.54, 1.807) is 0 Å². The maximum atomic E-state index is 11.5. The third-order valence-corrected chi connectivity index (χ3v) is 4.05. The predicted octanol–water partition coefficient (Wildman–Crippen LogP) is 3.11. The van der Waals surface area contributed by atoms with Gasteiger partial charge in [-0.25, -0.2) is 8.42 Å². The predicted molar refractivity (Wildman–Crippen MR) is 66.7 cm³/mol. The second-order valence-electron chi connectivity index (χ2n) is 3.72. The monoisotopic (exact) mass is 230 g/mol. The highest BCUT2D eigenvalue weighted by Crippen LogP contribution is 2.05. The molecular weight excluding hydrogens is 208 g/mol. The number of hydrogen-bond acceptors (Lipinski definition) is 2. The minimum absolute atomic E-state index is 0.328. The molecule has 0 saturated heterocycles. The Hall–Kier alpha value is -0.570. The quantitative estimate of drug-likeness (QED) is 0.427. The van der Waals surface area contributed by atoms with E-state index < -0.39 is 9.84 Å². The van der Waals surface area contributed by atoms with Crippen molar-refractivity contribution in [3.05, 3.63) is 25.3 Å². The van der Waals surface area contributed by atoms with E-state index in [0.29, 0.717) is 11.5 Å². The summed E-state index contributed by atoms with van der Waals surface area (Å²) in [5, 5.41) is 0. The Labute approximate surface area is 94.0 Å². The van der Waals surface area contributed by atoms with Crippen molar-refractivity contribution in [3.63, 3.8) is 0 Å². The van der Waals surface area contributed by atoms with Gasteiger partial charge in [0.15, 0.2) is 0 Å². The maximum absolute atomic E-state index is 11.5.